The van der Waals surface area contributed by atoms with Gasteiger partial charge >= 0.3 is 6.09 Å². The number of carbonyl (C=O) groups is 2. The Balaban J connectivity index is 1.55. The van der Waals surface area contributed by atoms with E-state index in [1.807, 2.05) is 24.3 Å². The number of carbonyl (C=O) groups excluding carboxylic acids is 2. The number of amides is 2. The van der Waals surface area contributed by atoms with Crippen LogP contribution in [-0.4, -0.2) is 31.1 Å². The van der Waals surface area contributed by atoms with Crippen molar-refractivity contribution in [3.05, 3.63) is 65.7 Å². The lowest BCUT2D eigenvalue weighted by Crippen LogP contribution is -2.47. The van der Waals surface area contributed by atoms with Crippen LogP contribution in [-0.2, 0) is 16.0 Å². The number of ether oxygens (including phenoxy) is 1. The maximum Gasteiger partial charge on any atom is 0.417 e. The molecule has 1 fully saturated rings. The molecule has 4 nitrogen and oxygen atoms in total. The molecule has 3 atom stereocenters. The predicted octanol–water partition coefficient (Wildman–Crippen LogP) is 4.03. The second kappa shape index (κ2) is 6.64. The van der Waals surface area contributed by atoms with Crippen molar-refractivity contribution in [2.24, 2.45) is 0 Å². The second-order valence-electron chi connectivity index (χ2n) is 8.23. The fraction of sp³-hybridized carbons (Fsp3) is 0.364. The average molecular weight is 380 g/mol. The monoisotopic (exact) mass is 379 g/mol. The molecular formula is C22H25NO3Si. The van der Waals surface area contributed by atoms with Gasteiger partial charge in [0, 0.05) is 12.8 Å². The summed E-state index contributed by atoms with van der Waals surface area (Å²) >= 11 is 0. The molecule has 0 N–H and O–H groups in total. The van der Waals surface area contributed by atoms with Crippen molar-refractivity contribution in [1.82, 2.24) is 4.90 Å². The Morgan fingerprint density at radius 1 is 1.15 bits per heavy atom. The van der Waals surface area contributed by atoms with Crippen molar-refractivity contribution < 1.29 is 14.3 Å². The molecule has 0 bridgehead atoms. The van der Waals surface area contributed by atoms with E-state index in [1.54, 1.807) is 0 Å². The molecule has 1 saturated heterocycles. The molecule has 140 valence electrons. The van der Waals surface area contributed by atoms with Crippen molar-refractivity contribution in [3.63, 3.8) is 0 Å². The van der Waals surface area contributed by atoms with E-state index in [1.165, 1.54) is 15.7 Å². The smallest absolute Gasteiger partial charge is 0.417 e. The molecule has 2 amide bonds. The van der Waals surface area contributed by atoms with Crippen LogP contribution in [0.25, 0.3) is 0 Å². The Kier molecular flexibility index (Phi) is 4.42. The zero-order valence-electron chi connectivity index (χ0n) is 16.0. The van der Waals surface area contributed by atoms with Gasteiger partial charge in [-0.1, -0.05) is 79.8 Å². The lowest BCUT2D eigenvalue weighted by Gasteiger charge is -2.31. The normalized spacial score (nSPS) is 22.2. The second-order valence-corrected chi connectivity index (χ2v) is 13.2. The maximum atomic E-state index is 13.1. The Morgan fingerprint density at radius 3 is 2.56 bits per heavy atom. The van der Waals surface area contributed by atoms with Gasteiger partial charge in [0.05, 0.1) is 8.07 Å². The summed E-state index contributed by atoms with van der Waals surface area (Å²) < 4.78 is 5.53. The number of hydrogen-bond acceptors (Lipinski definition) is 3. The van der Waals surface area contributed by atoms with Gasteiger partial charge in [-0.3, -0.25) is 4.79 Å². The van der Waals surface area contributed by atoms with Gasteiger partial charge in [-0.15, -0.1) is 0 Å². The van der Waals surface area contributed by atoms with Gasteiger partial charge in [-0.2, -0.15) is 0 Å². The van der Waals surface area contributed by atoms with Crippen molar-refractivity contribution >= 4 is 25.3 Å². The lowest BCUT2D eigenvalue weighted by atomic mass is 10.1. The number of nitrogens with zero attached hydrogens (tertiary/aromatic N) is 1. The van der Waals surface area contributed by atoms with Gasteiger partial charge in [-0.05, 0) is 16.7 Å². The first-order valence-electron chi connectivity index (χ1n) is 9.55. The van der Waals surface area contributed by atoms with E-state index in [-0.39, 0.29) is 23.6 Å². The minimum Gasteiger partial charge on any atom is -0.443 e. The first-order chi connectivity index (χ1) is 12.9. The largest absolute Gasteiger partial charge is 0.443 e. The first-order valence-corrected chi connectivity index (χ1v) is 12.6. The van der Waals surface area contributed by atoms with Crippen LogP contribution < -0.4 is 5.19 Å². The molecule has 1 aliphatic carbocycles. The van der Waals surface area contributed by atoms with E-state index >= 15 is 0 Å². The highest BCUT2D eigenvalue weighted by Gasteiger charge is 2.50. The Labute approximate surface area is 161 Å². The van der Waals surface area contributed by atoms with Crippen molar-refractivity contribution in [2.75, 3.05) is 0 Å². The van der Waals surface area contributed by atoms with Gasteiger partial charge in [0.2, 0.25) is 5.91 Å². The Hall–Kier alpha value is -2.40. The maximum absolute atomic E-state index is 13.1. The van der Waals surface area contributed by atoms with Crippen LogP contribution >= 0.6 is 0 Å². The van der Waals surface area contributed by atoms with Crippen molar-refractivity contribution in [3.8, 4) is 0 Å². The van der Waals surface area contributed by atoms with Gasteiger partial charge in [0.1, 0.15) is 12.1 Å². The van der Waals surface area contributed by atoms with Gasteiger partial charge < -0.3 is 4.74 Å². The third-order valence-electron chi connectivity index (χ3n) is 6.37. The molecule has 0 unspecified atom stereocenters. The quantitative estimate of drug-likeness (QED) is 0.754. The fourth-order valence-corrected chi connectivity index (χ4v) is 6.58. The average Bonchev–Trinajstić information content (AvgIpc) is 3.16. The summed E-state index contributed by atoms with van der Waals surface area (Å²) in [5.74, 6) is -0.117. The highest BCUT2D eigenvalue weighted by molar-refractivity contribution is 6.91. The lowest BCUT2D eigenvalue weighted by molar-refractivity contribution is -0.129. The van der Waals surface area contributed by atoms with E-state index in [0.717, 1.165) is 5.56 Å². The summed E-state index contributed by atoms with van der Waals surface area (Å²) in [6.45, 7) is 6.71. The summed E-state index contributed by atoms with van der Waals surface area (Å²) in [5.41, 5.74) is 2.44. The number of fused-ring (bicyclic) bond motifs is 3. The van der Waals surface area contributed by atoms with Crippen LogP contribution in [0, 0.1) is 0 Å². The molecule has 0 aromatic heterocycles. The molecule has 0 spiro atoms. The molecule has 2 aromatic rings. The van der Waals surface area contributed by atoms with Crippen LogP contribution in [0.3, 0.4) is 0 Å². The van der Waals surface area contributed by atoms with Crippen molar-refractivity contribution in [1.29, 1.82) is 0 Å². The van der Waals surface area contributed by atoms with Crippen LogP contribution in [0.2, 0.25) is 18.6 Å². The third kappa shape index (κ3) is 3.00. The zero-order chi connectivity index (χ0) is 19.2. The number of benzene rings is 2. The fourth-order valence-electron chi connectivity index (χ4n) is 4.27. The summed E-state index contributed by atoms with van der Waals surface area (Å²) in [7, 11) is -1.82. The van der Waals surface area contributed by atoms with E-state index < -0.39 is 14.2 Å². The topological polar surface area (TPSA) is 46.6 Å². The van der Waals surface area contributed by atoms with E-state index in [4.69, 9.17) is 4.74 Å². The minimum absolute atomic E-state index is 0.117. The summed E-state index contributed by atoms with van der Waals surface area (Å²) in [6, 6.07) is 18.2. The zero-order valence-corrected chi connectivity index (χ0v) is 17.0. The third-order valence-corrected chi connectivity index (χ3v) is 10.9. The standard InChI is InChI=1S/C22H25NO3Si/c1-15(27(2,3)17-10-5-4-6-11-17)13-20(24)23-21-18-12-8-7-9-16(18)14-19(21)26-22(23)25/h4-12,15,19,21H,13-14H2,1-3H3/t15-,19-,21+/m1/s1. The van der Waals surface area contributed by atoms with Crippen LogP contribution in [0.5, 0.6) is 0 Å². The molecule has 1 aliphatic heterocycles. The van der Waals surface area contributed by atoms with Crippen molar-refractivity contribution in [2.45, 2.75) is 50.5 Å². The van der Waals surface area contributed by atoms with E-state index in [0.29, 0.717) is 12.8 Å². The SMILES string of the molecule is C[C@H](CC(=O)N1C(=O)O[C@@H]2Cc3ccccc3[C@@H]21)[Si](C)(C)c1ccccc1. The first kappa shape index (κ1) is 18.0. The molecule has 2 aliphatic rings. The van der Waals surface area contributed by atoms with E-state index in [2.05, 4.69) is 50.3 Å². The van der Waals surface area contributed by atoms with E-state index in [9.17, 15) is 9.59 Å². The molecular weight excluding hydrogens is 354 g/mol. The molecule has 4 rings (SSSR count). The molecule has 0 radical (unpaired) electrons. The van der Waals surface area contributed by atoms with Crippen LogP contribution in [0.1, 0.15) is 30.5 Å². The number of imide groups is 1. The minimum atomic E-state index is -1.82. The summed E-state index contributed by atoms with van der Waals surface area (Å²) in [5, 5.41) is 1.33. The summed E-state index contributed by atoms with van der Waals surface area (Å²) in [4.78, 5) is 27.0. The number of rotatable bonds is 4. The molecule has 1 heterocycles. The Morgan fingerprint density at radius 2 is 1.81 bits per heavy atom. The summed E-state index contributed by atoms with van der Waals surface area (Å²) in [6.07, 6.45) is 0.328. The van der Waals surface area contributed by atoms with Gasteiger partial charge in [0.15, 0.2) is 0 Å². The van der Waals surface area contributed by atoms with Crippen LogP contribution in [0.4, 0.5) is 4.79 Å². The van der Waals surface area contributed by atoms with Gasteiger partial charge in [-0.25, -0.2) is 9.69 Å². The highest BCUT2D eigenvalue weighted by Crippen LogP contribution is 2.43. The predicted molar refractivity (Wildman–Crippen MR) is 108 cm³/mol. The molecule has 2 aromatic carbocycles. The molecule has 5 heteroatoms. The number of hydrogen-bond donors (Lipinski definition) is 0. The molecule has 0 saturated carbocycles. The van der Waals surface area contributed by atoms with Crippen LogP contribution in [0.15, 0.2) is 54.6 Å². The highest BCUT2D eigenvalue weighted by atomic mass is 28.3. The Bertz CT molecular complexity index is 880. The van der Waals surface area contributed by atoms with Gasteiger partial charge in [0.25, 0.3) is 0 Å². The molecule has 27 heavy (non-hydrogen) atoms.